The average Bonchev–Trinajstić information content (AvgIpc) is 2.52. The van der Waals surface area contributed by atoms with Gasteiger partial charge < -0.3 is 15.2 Å². The number of ether oxygens (including phenoxy) is 1. The molecule has 4 atom stereocenters. The van der Waals surface area contributed by atoms with Gasteiger partial charge in [-0.1, -0.05) is 19.8 Å². The summed E-state index contributed by atoms with van der Waals surface area (Å²) in [5.41, 5.74) is 1.18. The average molecular weight is 292 g/mol. The minimum absolute atomic E-state index is 0.205. The Bertz CT molecular complexity index is 399. The molecule has 4 heteroatoms. The number of nitrogens with one attached hydrogen (secondary N) is 1. The highest BCUT2D eigenvalue weighted by atomic mass is 16.5. The number of hydrogen-bond acceptors (Lipinski definition) is 4. The van der Waals surface area contributed by atoms with Gasteiger partial charge in [-0.25, -0.2) is 0 Å². The van der Waals surface area contributed by atoms with Crippen LogP contribution in [0.2, 0.25) is 0 Å². The lowest BCUT2D eigenvalue weighted by Gasteiger charge is -2.29. The standard InChI is InChI=1S/C17H28N2O2/c1-13-5-3-4-6-17(13)21-12-16(20)11-19-14(2)15-7-9-18-10-8-15/h7-10,13-14,16-17,19-20H,3-6,11-12H2,1-2H3/t13?,14-,16?,17?/m0/s1. The highest BCUT2D eigenvalue weighted by Gasteiger charge is 2.22. The summed E-state index contributed by atoms with van der Waals surface area (Å²) in [6, 6.07) is 4.19. The predicted octanol–water partition coefficient (Wildman–Crippen LogP) is 2.69. The van der Waals surface area contributed by atoms with Gasteiger partial charge in [0.25, 0.3) is 0 Å². The molecule has 0 amide bonds. The van der Waals surface area contributed by atoms with Gasteiger partial charge in [0.05, 0.1) is 18.8 Å². The normalized spacial score (nSPS) is 25.5. The van der Waals surface area contributed by atoms with E-state index in [1.165, 1.54) is 24.8 Å². The molecule has 1 aliphatic rings. The zero-order chi connectivity index (χ0) is 15.1. The van der Waals surface area contributed by atoms with Gasteiger partial charge in [-0.15, -0.1) is 0 Å². The van der Waals surface area contributed by atoms with Gasteiger partial charge in [0, 0.05) is 25.0 Å². The Morgan fingerprint density at radius 3 is 2.76 bits per heavy atom. The van der Waals surface area contributed by atoms with Crippen molar-refractivity contribution in [2.24, 2.45) is 5.92 Å². The van der Waals surface area contributed by atoms with Crippen LogP contribution in [0.1, 0.15) is 51.1 Å². The van der Waals surface area contributed by atoms with E-state index in [-0.39, 0.29) is 6.04 Å². The van der Waals surface area contributed by atoms with E-state index in [0.29, 0.717) is 25.2 Å². The van der Waals surface area contributed by atoms with E-state index in [9.17, 15) is 5.11 Å². The molecule has 21 heavy (non-hydrogen) atoms. The topological polar surface area (TPSA) is 54.4 Å². The van der Waals surface area contributed by atoms with Crippen molar-refractivity contribution in [1.82, 2.24) is 10.3 Å². The van der Waals surface area contributed by atoms with E-state index in [1.54, 1.807) is 12.4 Å². The van der Waals surface area contributed by atoms with Gasteiger partial charge in [0.2, 0.25) is 0 Å². The van der Waals surface area contributed by atoms with Gasteiger partial charge >= 0.3 is 0 Å². The van der Waals surface area contributed by atoms with E-state index >= 15 is 0 Å². The molecule has 1 aromatic heterocycles. The smallest absolute Gasteiger partial charge is 0.0898 e. The SMILES string of the molecule is CC1CCCCC1OCC(O)CN[C@@H](C)c1ccncc1. The van der Waals surface area contributed by atoms with Gasteiger partial charge in [0.15, 0.2) is 0 Å². The van der Waals surface area contributed by atoms with Crippen molar-refractivity contribution < 1.29 is 9.84 Å². The quantitative estimate of drug-likeness (QED) is 0.811. The van der Waals surface area contributed by atoms with E-state index in [2.05, 4.69) is 24.1 Å². The van der Waals surface area contributed by atoms with Crippen molar-refractivity contribution >= 4 is 0 Å². The van der Waals surface area contributed by atoms with Gasteiger partial charge in [-0.05, 0) is 43.4 Å². The predicted molar refractivity (Wildman–Crippen MR) is 84.0 cm³/mol. The molecule has 2 N–H and O–H groups in total. The molecule has 1 aliphatic carbocycles. The number of aliphatic hydroxyl groups excluding tert-OH is 1. The third kappa shape index (κ3) is 5.38. The van der Waals surface area contributed by atoms with Crippen LogP contribution in [0.3, 0.4) is 0 Å². The number of aromatic nitrogens is 1. The maximum absolute atomic E-state index is 10.1. The first-order chi connectivity index (χ1) is 10.2. The van der Waals surface area contributed by atoms with Crippen LogP contribution in [0.5, 0.6) is 0 Å². The summed E-state index contributed by atoms with van der Waals surface area (Å²) in [6.45, 7) is 5.31. The molecule has 0 spiro atoms. The van der Waals surface area contributed by atoms with Crippen LogP contribution in [0.25, 0.3) is 0 Å². The van der Waals surface area contributed by atoms with E-state index in [0.717, 1.165) is 6.42 Å². The number of rotatable bonds is 7. The maximum Gasteiger partial charge on any atom is 0.0898 e. The minimum atomic E-state index is -0.455. The largest absolute Gasteiger partial charge is 0.389 e. The summed E-state index contributed by atoms with van der Waals surface area (Å²) >= 11 is 0. The fraction of sp³-hybridized carbons (Fsp3) is 0.706. The van der Waals surface area contributed by atoms with E-state index in [1.807, 2.05) is 12.1 Å². The van der Waals surface area contributed by atoms with Gasteiger partial charge in [0.1, 0.15) is 0 Å². The summed E-state index contributed by atoms with van der Waals surface area (Å²) in [4.78, 5) is 4.01. The second kappa shape index (κ2) is 8.47. The number of hydrogen-bond donors (Lipinski definition) is 2. The lowest BCUT2D eigenvalue weighted by Crippen LogP contribution is -2.35. The van der Waals surface area contributed by atoms with Crippen LogP contribution >= 0.6 is 0 Å². The molecule has 0 bridgehead atoms. The van der Waals surface area contributed by atoms with Crippen molar-refractivity contribution in [3.05, 3.63) is 30.1 Å². The second-order valence-electron chi connectivity index (χ2n) is 6.20. The summed E-state index contributed by atoms with van der Waals surface area (Å²) in [6.07, 6.45) is 8.40. The Labute approximate surface area is 127 Å². The third-order valence-corrected chi connectivity index (χ3v) is 4.40. The first-order valence-corrected chi connectivity index (χ1v) is 8.09. The monoisotopic (exact) mass is 292 g/mol. The van der Waals surface area contributed by atoms with Crippen LogP contribution in [0.4, 0.5) is 0 Å². The highest BCUT2D eigenvalue weighted by molar-refractivity contribution is 5.13. The van der Waals surface area contributed by atoms with Crippen molar-refractivity contribution in [1.29, 1.82) is 0 Å². The van der Waals surface area contributed by atoms with Crippen LogP contribution in [-0.2, 0) is 4.74 Å². The highest BCUT2D eigenvalue weighted by Crippen LogP contribution is 2.26. The Kier molecular flexibility index (Phi) is 6.61. The van der Waals surface area contributed by atoms with Crippen molar-refractivity contribution in [3.63, 3.8) is 0 Å². The first-order valence-electron chi connectivity index (χ1n) is 8.09. The maximum atomic E-state index is 10.1. The Hall–Kier alpha value is -0.970. The molecule has 1 fully saturated rings. The van der Waals surface area contributed by atoms with Gasteiger partial charge in [-0.2, -0.15) is 0 Å². The fourth-order valence-electron chi connectivity index (χ4n) is 2.91. The molecule has 1 aromatic rings. The molecule has 0 radical (unpaired) electrons. The molecular formula is C17H28N2O2. The second-order valence-corrected chi connectivity index (χ2v) is 6.20. The van der Waals surface area contributed by atoms with E-state index < -0.39 is 6.10 Å². The fourth-order valence-corrected chi connectivity index (χ4v) is 2.91. The number of pyridine rings is 1. The van der Waals surface area contributed by atoms with Crippen molar-refractivity contribution in [2.45, 2.75) is 57.8 Å². The molecule has 0 aliphatic heterocycles. The molecule has 0 aromatic carbocycles. The molecule has 2 rings (SSSR count). The molecule has 1 saturated carbocycles. The van der Waals surface area contributed by atoms with Crippen LogP contribution < -0.4 is 5.32 Å². The lowest BCUT2D eigenvalue weighted by atomic mass is 9.88. The number of nitrogens with zero attached hydrogens (tertiary/aromatic N) is 1. The minimum Gasteiger partial charge on any atom is -0.389 e. The lowest BCUT2D eigenvalue weighted by molar-refractivity contribution is -0.0455. The van der Waals surface area contributed by atoms with E-state index in [4.69, 9.17) is 4.74 Å². The molecule has 118 valence electrons. The Balaban J connectivity index is 1.66. The summed E-state index contributed by atoms with van der Waals surface area (Å²) in [7, 11) is 0. The molecular weight excluding hydrogens is 264 g/mol. The number of aliphatic hydroxyl groups is 1. The zero-order valence-electron chi connectivity index (χ0n) is 13.2. The van der Waals surface area contributed by atoms with Crippen molar-refractivity contribution in [2.75, 3.05) is 13.2 Å². The molecule has 4 nitrogen and oxygen atoms in total. The third-order valence-electron chi connectivity index (χ3n) is 4.40. The van der Waals surface area contributed by atoms with Crippen LogP contribution in [0, 0.1) is 5.92 Å². The first kappa shape index (κ1) is 16.4. The van der Waals surface area contributed by atoms with Gasteiger partial charge in [-0.3, -0.25) is 4.98 Å². The summed E-state index contributed by atoms with van der Waals surface area (Å²) < 4.78 is 5.89. The molecule has 0 saturated heterocycles. The molecule has 3 unspecified atom stereocenters. The summed E-state index contributed by atoms with van der Waals surface area (Å²) in [5.74, 6) is 0.620. The summed E-state index contributed by atoms with van der Waals surface area (Å²) in [5, 5.41) is 13.4. The molecule has 1 heterocycles. The van der Waals surface area contributed by atoms with Crippen LogP contribution in [-0.4, -0.2) is 35.5 Å². The van der Waals surface area contributed by atoms with Crippen LogP contribution in [0.15, 0.2) is 24.5 Å². The zero-order valence-corrected chi connectivity index (χ0v) is 13.2. The Morgan fingerprint density at radius 1 is 1.33 bits per heavy atom. The van der Waals surface area contributed by atoms with Crippen molar-refractivity contribution in [3.8, 4) is 0 Å². The Morgan fingerprint density at radius 2 is 2.05 bits per heavy atom.